The highest BCUT2D eigenvalue weighted by molar-refractivity contribution is 6.02. The Morgan fingerprint density at radius 1 is 0.969 bits per heavy atom. The lowest BCUT2D eigenvalue weighted by Gasteiger charge is -2.38. The first-order valence-corrected chi connectivity index (χ1v) is 10.9. The summed E-state index contributed by atoms with van der Waals surface area (Å²) in [6.07, 6.45) is 3.16. The number of ketones is 1. The molecule has 1 aliphatic carbocycles. The summed E-state index contributed by atoms with van der Waals surface area (Å²) in [5.74, 6) is 1.40. The molecule has 2 aliphatic rings. The van der Waals surface area contributed by atoms with Crippen LogP contribution in [0.4, 0.5) is 0 Å². The summed E-state index contributed by atoms with van der Waals surface area (Å²) in [5, 5.41) is 11.1. The molecule has 0 amide bonds. The number of benzene rings is 3. The number of nitrogens with zero attached hydrogens (tertiary/aromatic N) is 3. The summed E-state index contributed by atoms with van der Waals surface area (Å²) >= 11 is 0. The van der Waals surface area contributed by atoms with Gasteiger partial charge >= 0.3 is 0 Å². The minimum atomic E-state index is -0.305. The van der Waals surface area contributed by atoms with Crippen molar-refractivity contribution < 1.29 is 9.53 Å². The van der Waals surface area contributed by atoms with Crippen molar-refractivity contribution in [3.8, 4) is 11.4 Å². The molecule has 0 saturated carbocycles. The zero-order valence-electron chi connectivity index (χ0n) is 18.1. The molecule has 0 bridgehead atoms. The van der Waals surface area contributed by atoms with Crippen molar-refractivity contribution in [3.05, 3.63) is 95.5 Å². The van der Waals surface area contributed by atoms with E-state index < -0.39 is 0 Å². The van der Waals surface area contributed by atoms with Gasteiger partial charge in [-0.2, -0.15) is 0 Å². The molecule has 1 aliphatic heterocycles. The molecule has 5 nitrogen and oxygen atoms in total. The maximum absolute atomic E-state index is 13.5. The molecule has 4 aromatic rings. The fourth-order valence-electron chi connectivity index (χ4n) is 5.04. The first-order chi connectivity index (χ1) is 15.5. The molecule has 1 atom stereocenters. The first-order valence-electron chi connectivity index (χ1n) is 10.9. The lowest BCUT2D eigenvalue weighted by molar-refractivity contribution is -0.118. The molecule has 0 radical (unpaired) electrons. The SMILES string of the molecule is CC1(C)CC(=O)C2=C(C1)Oc1ccc3ccccc3c1C2c1cn(-c2ccccc2)nn1. The average molecular weight is 422 g/mol. The number of ether oxygens (including phenoxy) is 1. The normalized spacial score (nSPS) is 19.4. The molecule has 5 heteroatoms. The third-order valence-electron chi connectivity index (χ3n) is 6.45. The monoisotopic (exact) mass is 421 g/mol. The third kappa shape index (κ3) is 2.96. The number of hydrogen-bond donors (Lipinski definition) is 0. The van der Waals surface area contributed by atoms with Crippen molar-refractivity contribution in [3.63, 3.8) is 0 Å². The van der Waals surface area contributed by atoms with Crippen LogP contribution in [-0.2, 0) is 4.79 Å². The van der Waals surface area contributed by atoms with E-state index in [-0.39, 0.29) is 17.1 Å². The Labute approximate surface area is 186 Å². The minimum absolute atomic E-state index is 0.129. The van der Waals surface area contributed by atoms with Crippen molar-refractivity contribution in [1.82, 2.24) is 15.0 Å². The molecule has 0 spiro atoms. The Balaban J connectivity index is 1.59. The maximum Gasteiger partial charge on any atom is 0.163 e. The van der Waals surface area contributed by atoms with Gasteiger partial charge in [-0.05, 0) is 34.4 Å². The van der Waals surface area contributed by atoms with Gasteiger partial charge in [0.15, 0.2) is 5.78 Å². The van der Waals surface area contributed by atoms with E-state index in [0.717, 1.165) is 51.2 Å². The van der Waals surface area contributed by atoms with E-state index in [2.05, 4.69) is 42.4 Å². The van der Waals surface area contributed by atoms with E-state index in [0.29, 0.717) is 6.42 Å². The average Bonchev–Trinajstić information content (AvgIpc) is 3.27. The molecular weight excluding hydrogens is 398 g/mol. The van der Waals surface area contributed by atoms with E-state index in [1.807, 2.05) is 54.7 Å². The van der Waals surface area contributed by atoms with E-state index in [4.69, 9.17) is 4.74 Å². The van der Waals surface area contributed by atoms with Crippen LogP contribution >= 0.6 is 0 Å². The number of rotatable bonds is 2. The molecule has 158 valence electrons. The smallest absolute Gasteiger partial charge is 0.163 e. The lowest BCUT2D eigenvalue weighted by atomic mass is 9.70. The van der Waals surface area contributed by atoms with E-state index in [1.54, 1.807) is 4.68 Å². The quantitative estimate of drug-likeness (QED) is 0.423. The standard InChI is InChI=1S/C27H23N3O2/c1-27(2)14-21(31)26-23(15-27)32-22-13-12-17-8-6-7-11-19(17)24(22)25(26)20-16-30(29-28-20)18-9-4-3-5-10-18/h3-13,16,25H,14-15H2,1-2H3. The van der Waals surface area contributed by atoms with Crippen molar-refractivity contribution in [2.75, 3.05) is 0 Å². The van der Waals surface area contributed by atoms with Crippen LogP contribution in [0.1, 0.15) is 43.9 Å². The highest BCUT2D eigenvalue weighted by atomic mass is 16.5. The van der Waals surface area contributed by atoms with Gasteiger partial charge in [0.25, 0.3) is 0 Å². The van der Waals surface area contributed by atoms with E-state index >= 15 is 0 Å². The zero-order chi connectivity index (χ0) is 21.9. The Morgan fingerprint density at radius 3 is 2.59 bits per heavy atom. The largest absolute Gasteiger partial charge is 0.461 e. The number of hydrogen-bond acceptors (Lipinski definition) is 4. The Bertz CT molecular complexity index is 1400. The Morgan fingerprint density at radius 2 is 1.75 bits per heavy atom. The molecule has 0 fully saturated rings. The molecular formula is C27H23N3O2. The zero-order valence-corrected chi connectivity index (χ0v) is 18.1. The molecule has 0 N–H and O–H groups in total. The molecule has 0 saturated heterocycles. The predicted molar refractivity (Wildman–Crippen MR) is 123 cm³/mol. The van der Waals surface area contributed by atoms with Crippen molar-refractivity contribution in [2.45, 2.75) is 32.6 Å². The van der Waals surface area contributed by atoms with Crippen LogP contribution in [0.5, 0.6) is 5.75 Å². The van der Waals surface area contributed by atoms with Gasteiger partial charge in [-0.1, -0.05) is 67.6 Å². The van der Waals surface area contributed by atoms with Crippen LogP contribution in [0.25, 0.3) is 16.5 Å². The predicted octanol–water partition coefficient (Wildman–Crippen LogP) is 5.59. The molecule has 6 rings (SSSR count). The Kier molecular flexibility index (Phi) is 4.09. The van der Waals surface area contributed by atoms with Crippen LogP contribution in [-0.4, -0.2) is 20.8 Å². The second-order valence-corrected chi connectivity index (χ2v) is 9.43. The van der Waals surface area contributed by atoms with Gasteiger partial charge in [-0.3, -0.25) is 4.79 Å². The van der Waals surface area contributed by atoms with Crippen LogP contribution in [0.2, 0.25) is 0 Å². The summed E-state index contributed by atoms with van der Waals surface area (Å²) in [5.41, 5.74) is 3.29. The fraction of sp³-hybridized carbons (Fsp3) is 0.222. The summed E-state index contributed by atoms with van der Waals surface area (Å²) in [6, 6.07) is 22.2. The molecule has 1 unspecified atom stereocenters. The van der Waals surface area contributed by atoms with Crippen molar-refractivity contribution in [2.24, 2.45) is 5.41 Å². The van der Waals surface area contributed by atoms with Gasteiger partial charge in [0.1, 0.15) is 11.5 Å². The van der Waals surface area contributed by atoms with Gasteiger partial charge in [-0.25, -0.2) is 4.68 Å². The summed E-state index contributed by atoms with van der Waals surface area (Å²) in [7, 11) is 0. The summed E-state index contributed by atoms with van der Waals surface area (Å²) in [4.78, 5) is 13.5. The highest BCUT2D eigenvalue weighted by Gasteiger charge is 2.43. The minimum Gasteiger partial charge on any atom is -0.461 e. The van der Waals surface area contributed by atoms with Gasteiger partial charge < -0.3 is 4.74 Å². The number of carbonyl (C=O) groups is 1. The van der Waals surface area contributed by atoms with Gasteiger partial charge in [0, 0.05) is 24.0 Å². The molecule has 32 heavy (non-hydrogen) atoms. The number of para-hydroxylation sites is 1. The number of Topliss-reactive ketones (excluding diaryl/α,β-unsaturated/α-hetero) is 1. The maximum atomic E-state index is 13.5. The molecule has 2 heterocycles. The number of fused-ring (bicyclic) bond motifs is 3. The van der Waals surface area contributed by atoms with Crippen molar-refractivity contribution >= 4 is 16.6 Å². The van der Waals surface area contributed by atoms with Crippen LogP contribution < -0.4 is 4.74 Å². The third-order valence-corrected chi connectivity index (χ3v) is 6.45. The summed E-state index contributed by atoms with van der Waals surface area (Å²) < 4.78 is 8.17. The number of carbonyl (C=O) groups excluding carboxylic acids is 1. The van der Waals surface area contributed by atoms with Gasteiger partial charge in [-0.15, -0.1) is 5.10 Å². The van der Waals surface area contributed by atoms with E-state index in [9.17, 15) is 4.79 Å². The van der Waals surface area contributed by atoms with Crippen LogP contribution in [0, 0.1) is 5.41 Å². The summed E-state index contributed by atoms with van der Waals surface area (Å²) in [6.45, 7) is 4.24. The van der Waals surface area contributed by atoms with Gasteiger partial charge in [0.2, 0.25) is 0 Å². The molecule has 3 aromatic carbocycles. The second-order valence-electron chi connectivity index (χ2n) is 9.43. The number of allylic oxidation sites excluding steroid dienone is 2. The van der Waals surface area contributed by atoms with E-state index in [1.165, 1.54) is 0 Å². The first kappa shape index (κ1) is 19.0. The van der Waals surface area contributed by atoms with Crippen LogP contribution in [0.3, 0.4) is 0 Å². The lowest BCUT2D eigenvalue weighted by Crippen LogP contribution is -2.33. The van der Waals surface area contributed by atoms with Crippen molar-refractivity contribution in [1.29, 1.82) is 0 Å². The van der Waals surface area contributed by atoms with Crippen LogP contribution in [0.15, 0.2) is 84.3 Å². The topological polar surface area (TPSA) is 57.0 Å². The van der Waals surface area contributed by atoms with Gasteiger partial charge in [0.05, 0.1) is 23.5 Å². The molecule has 1 aromatic heterocycles. The number of aromatic nitrogens is 3. The second kappa shape index (κ2) is 6.89. The fourth-order valence-corrected chi connectivity index (χ4v) is 5.04. The Hall–Kier alpha value is -3.73. The highest BCUT2D eigenvalue weighted by Crippen LogP contribution is 2.51.